The van der Waals surface area contributed by atoms with E-state index in [1.54, 1.807) is 0 Å². The molecule has 16 heavy (non-hydrogen) atoms. The third-order valence-corrected chi connectivity index (χ3v) is 2.96. The summed E-state index contributed by atoms with van der Waals surface area (Å²) < 4.78 is 0. The molecule has 0 unspecified atom stereocenters. The van der Waals surface area contributed by atoms with Crippen molar-refractivity contribution >= 4 is 5.82 Å². The van der Waals surface area contributed by atoms with Gasteiger partial charge in [0, 0.05) is 31.3 Å². The van der Waals surface area contributed by atoms with E-state index in [0.717, 1.165) is 36.8 Å². The van der Waals surface area contributed by atoms with Gasteiger partial charge in [-0.1, -0.05) is 0 Å². The van der Waals surface area contributed by atoms with Gasteiger partial charge in [0.2, 0.25) is 0 Å². The quantitative estimate of drug-likeness (QED) is 0.833. The molecule has 2 heterocycles. The van der Waals surface area contributed by atoms with Gasteiger partial charge in [0.25, 0.3) is 0 Å². The fraction of sp³-hybridized carbons (Fsp3) is 0.667. The normalized spacial score (nSPS) is 16.5. The predicted molar refractivity (Wildman–Crippen MR) is 65.6 cm³/mol. The molecule has 0 atom stereocenters. The lowest BCUT2D eigenvalue weighted by molar-refractivity contribution is 0.572. The highest BCUT2D eigenvalue weighted by atomic mass is 15.2. The van der Waals surface area contributed by atoms with Crippen molar-refractivity contribution in [2.75, 3.05) is 24.5 Å². The summed E-state index contributed by atoms with van der Waals surface area (Å²) in [6.45, 7) is 4.85. The van der Waals surface area contributed by atoms with Crippen LogP contribution in [-0.2, 0) is 6.42 Å². The molecule has 0 saturated carbocycles. The lowest BCUT2D eigenvalue weighted by atomic mass is 10.1. The van der Waals surface area contributed by atoms with Crippen LogP contribution in [0.25, 0.3) is 0 Å². The maximum atomic E-state index is 5.57. The highest BCUT2D eigenvalue weighted by Crippen LogP contribution is 2.18. The molecule has 88 valence electrons. The number of piperidine rings is 1. The van der Waals surface area contributed by atoms with Gasteiger partial charge in [-0.25, -0.2) is 9.97 Å². The minimum Gasteiger partial charge on any atom is -0.357 e. The average molecular weight is 220 g/mol. The van der Waals surface area contributed by atoms with E-state index >= 15 is 0 Å². The molecule has 0 aliphatic carbocycles. The summed E-state index contributed by atoms with van der Waals surface area (Å²) in [6, 6.07) is 2.09. The molecule has 2 N–H and O–H groups in total. The van der Waals surface area contributed by atoms with E-state index in [1.807, 2.05) is 6.92 Å². The van der Waals surface area contributed by atoms with Gasteiger partial charge in [-0.3, -0.25) is 0 Å². The summed E-state index contributed by atoms with van der Waals surface area (Å²) in [5.74, 6) is 1.93. The Bertz CT molecular complexity index is 345. The van der Waals surface area contributed by atoms with E-state index in [-0.39, 0.29) is 0 Å². The Balaban J connectivity index is 2.18. The predicted octanol–water partition coefficient (Wildman–Crippen LogP) is 1.28. The van der Waals surface area contributed by atoms with Crippen LogP contribution in [-0.4, -0.2) is 29.6 Å². The third-order valence-electron chi connectivity index (χ3n) is 2.96. The van der Waals surface area contributed by atoms with Crippen molar-refractivity contribution in [1.82, 2.24) is 9.97 Å². The fourth-order valence-electron chi connectivity index (χ4n) is 2.17. The number of aromatic nitrogens is 2. The first-order valence-corrected chi connectivity index (χ1v) is 6.09. The summed E-state index contributed by atoms with van der Waals surface area (Å²) in [5.41, 5.74) is 6.63. The fourth-order valence-corrected chi connectivity index (χ4v) is 2.17. The van der Waals surface area contributed by atoms with Crippen LogP contribution in [0.1, 0.15) is 30.8 Å². The molecule has 1 aliphatic rings. The maximum Gasteiger partial charge on any atom is 0.132 e. The molecule has 1 fully saturated rings. The zero-order chi connectivity index (χ0) is 11.4. The molecule has 2 rings (SSSR count). The number of aryl methyl sites for hydroxylation is 1. The first-order chi connectivity index (χ1) is 7.79. The lowest BCUT2D eigenvalue weighted by Crippen LogP contribution is -2.30. The first-order valence-electron chi connectivity index (χ1n) is 6.09. The van der Waals surface area contributed by atoms with Crippen molar-refractivity contribution in [3.63, 3.8) is 0 Å². The van der Waals surface area contributed by atoms with Gasteiger partial charge in [0.15, 0.2) is 0 Å². The van der Waals surface area contributed by atoms with Crippen LogP contribution in [0.2, 0.25) is 0 Å². The van der Waals surface area contributed by atoms with Crippen LogP contribution in [0.15, 0.2) is 6.07 Å². The minimum atomic E-state index is 0.649. The molecule has 0 bridgehead atoms. The number of hydrogen-bond acceptors (Lipinski definition) is 4. The van der Waals surface area contributed by atoms with Gasteiger partial charge in [-0.05, 0) is 32.7 Å². The van der Waals surface area contributed by atoms with Crippen molar-refractivity contribution in [3.8, 4) is 0 Å². The SMILES string of the molecule is Cc1nc(CCN)cc(N2CCCCC2)n1. The molecule has 0 spiro atoms. The van der Waals surface area contributed by atoms with Crippen LogP contribution in [0, 0.1) is 6.92 Å². The van der Waals surface area contributed by atoms with Crippen molar-refractivity contribution in [2.24, 2.45) is 5.73 Å². The third kappa shape index (κ3) is 2.70. The Labute approximate surface area is 96.9 Å². The topological polar surface area (TPSA) is 55.0 Å². The standard InChI is InChI=1S/C12H20N4/c1-10-14-11(5-6-13)9-12(15-10)16-7-3-2-4-8-16/h9H,2-8,13H2,1H3. The van der Waals surface area contributed by atoms with Gasteiger partial charge in [-0.2, -0.15) is 0 Å². The molecule has 4 heteroatoms. The van der Waals surface area contributed by atoms with Crippen LogP contribution in [0.4, 0.5) is 5.82 Å². The zero-order valence-electron chi connectivity index (χ0n) is 9.95. The number of nitrogens with zero attached hydrogens (tertiary/aromatic N) is 3. The number of hydrogen-bond donors (Lipinski definition) is 1. The van der Waals surface area contributed by atoms with Crippen LogP contribution < -0.4 is 10.6 Å². The van der Waals surface area contributed by atoms with Crippen LogP contribution in [0.3, 0.4) is 0 Å². The summed E-state index contributed by atoms with van der Waals surface area (Å²) >= 11 is 0. The van der Waals surface area contributed by atoms with Gasteiger partial charge in [0.05, 0.1) is 0 Å². The molecule has 1 saturated heterocycles. The first kappa shape index (κ1) is 11.3. The molecular weight excluding hydrogens is 200 g/mol. The van der Waals surface area contributed by atoms with E-state index in [1.165, 1.54) is 19.3 Å². The molecule has 1 aliphatic heterocycles. The monoisotopic (exact) mass is 220 g/mol. The second-order valence-corrected chi connectivity index (χ2v) is 4.35. The highest BCUT2D eigenvalue weighted by Gasteiger charge is 2.13. The van der Waals surface area contributed by atoms with Crippen LogP contribution in [0.5, 0.6) is 0 Å². The Morgan fingerprint density at radius 3 is 2.69 bits per heavy atom. The maximum absolute atomic E-state index is 5.57. The largest absolute Gasteiger partial charge is 0.357 e. The van der Waals surface area contributed by atoms with Crippen molar-refractivity contribution < 1.29 is 0 Å². The molecule has 0 radical (unpaired) electrons. The van der Waals surface area contributed by atoms with E-state index in [2.05, 4.69) is 20.9 Å². The molecule has 0 amide bonds. The summed E-state index contributed by atoms with van der Waals surface area (Å²) in [7, 11) is 0. The van der Waals surface area contributed by atoms with E-state index in [9.17, 15) is 0 Å². The van der Waals surface area contributed by atoms with E-state index in [4.69, 9.17) is 5.73 Å². The van der Waals surface area contributed by atoms with Gasteiger partial charge >= 0.3 is 0 Å². The average Bonchev–Trinajstić information content (AvgIpc) is 2.30. The number of nitrogens with two attached hydrogens (primary N) is 1. The second kappa shape index (κ2) is 5.25. The van der Waals surface area contributed by atoms with Gasteiger partial charge in [-0.15, -0.1) is 0 Å². The smallest absolute Gasteiger partial charge is 0.132 e. The van der Waals surface area contributed by atoms with Crippen molar-refractivity contribution in [1.29, 1.82) is 0 Å². The molecule has 0 aromatic carbocycles. The number of anilines is 1. The minimum absolute atomic E-state index is 0.649. The Kier molecular flexibility index (Phi) is 3.72. The Hall–Kier alpha value is -1.16. The van der Waals surface area contributed by atoms with E-state index < -0.39 is 0 Å². The Morgan fingerprint density at radius 2 is 2.00 bits per heavy atom. The Morgan fingerprint density at radius 1 is 1.25 bits per heavy atom. The van der Waals surface area contributed by atoms with Crippen LogP contribution >= 0.6 is 0 Å². The highest BCUT2D eigenvalue weighted by molar-refractivity contribution is 5.40. The molecular formula is C12H20N4. The van der Waals surface area contributed by atoms with Crippen molar-refractivity contribution in [2.45, 2.75) is 32.6 Å². The molecule has 1 aromatic rings. The number of rotatable bonds is 3. The van der Waals surface area contributed by atoms with Crippen molar-refractivity contribution in [3.05, 3.63) is 17.6 Å². The molecule has 4 nitrogen and oxygen atoms in total. The summed E-state index contributed by atoms with van der Waals surface area (Å²) in [6.07, 6.45) is 4.73. The summed E-state index contributed by atoms with van der Waals surface area (Å²) in [4.78, 5) is 11.3. The van der Waals surface area contributed by atoms with Gasteiger partial charge in [0.1, 0.15) is 11.6 Å². The second-order valence-electron chi connectivity index (χ2n) is 4.35. The summed E-state index contributed by atoms with van der Waals surface area (Å²) in [5, 5.41) is 0. The zero-order valence-corrected chi connectivity index (χ0v) is 9.95. The van der Waals surface area contributed by atoms with E-state index in [0.29, 0.717) is 6.54 Å². The molecule has 1 aromatic heterocycles. The lowest BCUT2D eigenvalue weighted by Gasteiger charge is -2.28. The van der Waals surface area contributed by atoms with Gasteiger partial charge < -0.3 is 10.6 Å².